The lowest BCUT2D eigenvalue weighted by molar-refractivity contribution is 0.172. The molecule has 62 valence electrons. The van der Waals surface area contributed by atoms with Gasteiger partial charge in [0.25, 0.3) is 0 Å². The van der Waals surface area contributed by atoms with Crippen LogP contribution in [0.5, 0.6) is 0 Å². The van der Waals surface area contributed by atoms with E-state index in [1.807, 2.05) is 0 Å². The number of nitrogens with one attached hydrogen (secondary N) is 1. The highest BCUT2D eigenvalue weighted by Crippen LogP contribution is 2.23. The molecule has 0 fully saturated rings. The average Bonchev–Trinajstić information content (AvgIpc) is 2.36. The van der Waals surface area contributed by atoms with Gasteiger partial charge in [-0.3, -0.25) is 0 Å². The van der Waals surface area contributed by atoms with Gasteiger partial charge in [-0.2, -0.15) is 0 Å². The number of halogens is 1. The molecule has 1 aromatic heterocycles. The summed E-state index contributed by atoms with van der Waals surface area (Å²) in [7, 11) is 1.77. The normalized spacial score (nSPS) is 13.4. The highest BCUT2D eigenvalue weighted by atomic mass is 79.9. The quantitative estimate of drug-likeness (QED) is 0.807. The van der Waals surface area contributed by atoms with Crippen molar-refractivity contribution in [3.05, 3.63) is 9.48 Å². The topological polar surface area (TPSA) is 58.0 Å². The first-order chi connectivity index (χ1) is 5.25. The van der Waals surface area contributed by atoms with Gasteiger partial charge in [-0.05, 0) is 34.5 Å². The van der Waals surface area contributed by atoms with Gasteiger partial charge in [0.2, 0.25) is 0 Å². The zero-order valence-corrected chi connectivity index (χ0v) is 8.31. The third-order valence-electron chi connectivity index (χ3n) is 1.18. The molecule has 4 nitrogen and oxygen atoms in total. The predicted molar refractivity (Wildman–Crippen MR) is 46.5 cm³/mol. The van der Waals surface area contributed by atoms with Crippen molar-refractivity contribution in [2.24, 2.45) is 0 Å². The predicted octanol–water partition coefficient (Wildman–Crippen LogP) is 0.553. The van der Waals surface area contributed by atoms with Gasteiger partial charge in [-0.1, -0.05) is 4.49 Å². The van der Waals surface area contributed by atoms with Crippen LogP contribution in [0.2, 0.25) is 0 Å². The molecule has 6 heteroatoms. The number of aromatic nitrogens is 2. The molecule has 0 aliphatic carbocycles. The fraction of sp³-hybridized carbons (Fsp3) is 0.600. The van der Waals surface area contributed by atoms with Crippen LogP contribution >= 0.6 is 27.5 Å². The molecular weight excluding hydrogens is 230 g/mol. The molecule has 0 spiro atoms. The van der Waals surface area contributed by atoms with Gasteiger partial charge in [0.15, 0.2) is 0 Å². The van der Waals surface area contributed by atoms with Crippen molar-refractivity contribution >= 4 is 27.5 Å². The minimum absolute atomic E-state index is 0.490. The molecule has 2 N–H and O–H groups in total. The van der Waals surface area contributed by atoms with Crippen LogP contribution < -0.4 is 5.32 Å². The van der Waals surface area contributed by atoms with Crippen molar-refractivity contribution in [1.29, 1.82) is 0 Å². The van der Waals surface area contributed by atoms with Crippen LogP contribution in [0, 0.1) is 0 Å². The molecule has 1 atom stereocenters. The molecule has 0 aromatic carbocycles. The van der Waals surface area contributed by atoms with Gasteiger partial charge < -0.3 is 10.4 Å². The van der Waals surface area contributed by atoms with E-state index in [1.54, 1.807) is 7.05 Å². The van der Waals surface area contributed by atoms with Crippen molar-refractivity contribution in [2.45, 2.75) is 6.10 Å². The second-order valence-electron chi connectivity index (χ2n) is 2.01. The Kier molecular flexibility index (Phi) is 3.38. The van der Waals surface area contributed by atoms with Crippen LogP contribution in [0.4, 0.5) is 0 Å². The van der Waals surface area contributed by atoms with E-state index < -0.39 is 6.10 Å². The lowest BCUT2D eigenvalue weighted by atomic mass is 10.3. The van der Waals surface area contributed by atoms with E-state index in [0.717, 1.165) is 3.79 Å². The van der Waals surface area contributed by atoms with Crippen molar-refractivity contribution in [1.82, 2.24) is 14.9 Å². The summed E-state index contributed by atoms with van der Waals surface area (Å²) in [6.07, 6.45) is -0.576. The molecule has 0 amide bonds. The van der Waals surface area contributed by atoms with Gasteiger partial charge >= 0.3 is 0 Å². The molecule has 0 aliphatic heterocycles. The monoisotopic (exact) mass is 237 g/mol. The van der Waals surface area contributed by atoms with Gasteiger partial charge in [0, 0.05) is 6.54 Å². The lowest BCUT2D eigenvalue weighted by Crippen LogP contribution is -2.17. The number of aliphatic hydroxyl groups is 1. The molecule has 0 radical (unpaired) electrons. The molecule has 0 bridgehead atoms. The van der Waals surface area contributed by atoms with Gasteiger partial charge in [-0.25, -0.2) is 0 Å². The van der Waals surface area contributed by atoms with Crippen LogP contribution in [-0.4, -0.2) is 28.3 Å². The van der Waals surface area contributed by atoms with E-state index in [4.69, 9.17) is 0 Å². The van der Waals surface area contributed by atoms with Crippen LogP contribution in [0.15, 0.2) is 3.79 Å². The molecule has 0 aliphatic rings. The van der Waals surface area contributed by atoms with E-state index in [-0.39, 0.29) is 0 Å². The Morgan fingerprint density at radius 1 is 1.82 bits per heavy atom. The zero-order chi connectivity index (χ0) is 8.27. The van der Waals surface area contributed by atoms with E-state index >= 15 is 0 Å². The number of nitrogens with zero attached hydrogens (tertiary/aromatic N) is 2. The second-order valence-corrected chi connectivity index (χ2v) is 4.08. The third kappa shape index (κ3) is 2.19. The summed E-state index contributed by atoms with van der Waals surface area (Å²) in [6.45, 7) is 0.490. The summed E-state index contributed by atoms with van der Waals surface area (Å²) in [5.74, 6) is 0. The van der Waals surface area contributed by atoms with E-state index in [1.165, 1.54) is 11.5 Å². The zero-order valence-electron chi connectivity index (χ0n) is 5.91. The summed E-state index contributed by atoms with van der Waals surface area (Å²) in [5, 5.41) is 16.0. The number of hydrogen-bond donors (Lipinski definition) is 2. The lowest BCUT2D eigenvalue weighted by Gasteiger charge is -2.05. The summed E-state index contributed by atoms with van der Waals surface area (Å²) < 4.78 is 4.47. The summed E-state index contributed by atoms with van der Waals surface area (Å²) in [6, 6.07) is 0. The average molecular weight is 238 g/mol. The molecule has 0 saturated heterocycles. The van der Waals surface area contributed by atoms with Crippen molar-refractivity contribution in [2.75, 3.05) is 13.6 Å². The smallest absolute Gasteiger partial charge is 0.120 e. The Balaban J connectivity index is 2.67. The Hall–Kier alpha value is -0.0400. The van der Waals surface area contributed by atoms with Gasteiger partial charge in [-0.15, -0.1) is 5.10 Å². The first-order valence-electron chi connectivity index (χ1n) is 3.06. The maximum absolute atomic E-state index is 9.40. The number of hydrogen-bond acceptors (Lipinski definition) is 5. The Bertz CT molecular complexity index is 229. The minimum atomic E-state index is -0.576. The number of aliphatic hydroxyl groups excluding tert-OH is 1. The van der Waals surface area contributed by atoms with E-state index in [9.17, 15) is 5.11 Å². The summed E-state index contributed by atoms with van der Waals surface area (Å²) in [5.41, 5.74) is 0.601. The van der Waals surface area contributed by atoms with Crippen LogP contribution in [-0.2, 0) is 0 Å². The summed E-state index contributed by atoms with van der Waals surface area (Å²) >= 11 is 4.47. The molecule has 1 rings (SSSR count). The van der Waals surface area contributed by atoms with Crippen LogP contribution in [0.1, 0.15) is 11.8 Å². The largest absolute Gasteiger partial charge is 0.385 e. The van der Waals surface area contributed by atoms with Crippen molar-refractivity contribution < 1.29 is 5.11 Å². The standard InChI is InChI=1S/C5H8BrN3OS/c1-7-2-3(10)4-5(6)11-9-8-4/h3,7,10H,2H2,1H3. The fourth-order valence-corrected chi connectivity index (χ4v) is 1.68. The SMILES string of the molecule is CNCC(O)c1nnsc1Br. The molecule has 1 heterocycles. The Morgan fingerprint density at radius 2 is 2.55 bits per heavy atom. The Labute approximate surface area is 76.9 Å². The van der Waals surface area contributed by atoms with Crippen molar-refractivity contribution in [3.8, 4) is 0 Å². The third-order valence-corrected chi connectivity index (χ3v) is 2.56. The van der Waals surface area contributed by atoms with Crippen LogP contribution in [0.3, 0.4) is 0 Å². The van der Waals surface area contributed by atoms with Gasteiger partial charge in [0.1, 0.15) is 15.6 Å². The van der Waals surface area contributed by atoms with Crippen LogP contribution in [0.25, 0.3) is 0 Å². The highest BCUT2D eigenvalue weighted by molar-refractivity contribution is 9.11. The first kappa shape index (κ1) is 9.05. The maximum Gasteiger partial charge on any atom is 0.120 e. The van der Waals surface area contributed by atoms with Gasteiger partial charge in [0.05, 0.1) is 0 Å². The van der Waals surface area contributed by atoms with Crippen molar-refractivity contribution in [3.63, 3.8) is 0 Å². The molecule has 1 aromatic rings. The number of rotatable bonds is 3. The maximum atomic E-state index is 9.40. The van der Waals surface area contributed by atoms with E-state index in [2.05, 4.69) is 30.8 Å². The Morgan fingerprint density at radius 3 is 3.00 bits per heavy atom. The highest BCUT2D eigenvalue weighted by Gasteiger charge is 2.13. The van der Waals surface area contributed by atoms with E-state index in [0.29, 0.717) is 12.2 Å². The number of likely N-dealkylation sites (N-methyl/N-ethyl adjacent to an activating group) is 1. The molecule has 11 heavy (non-hydrogen) atoms. The molecule has 0 saturated carbocycles. The second kappa shape index (κ2) is 4.10. The fourth-order valence-electron chi connectivity index (χ4n) is 0.674. The molecular formula is C5H8BrN3OS. The molecule has 1 unspecified atom stereocenters. The summed E-state index contributed by atoms with van der Waals surface area (Å²) in [4.78, 5) is 0. The minimum Gasteiger partial charge on any atom is -0.385 e. The first-order valence-corrected chi connectivity index (χ1v) is 4.62.